The van der Waals surface area contributed by atoms with Gasteiger partial charge in [-0.25, -0.2) is 4.98 Å². The third-order valence-electron chi connectivity index (χ3n) is 4.84. The van der Waals surface area contributed by atoms with E-state index in [1.807, 2.05) is 0 Å². The van der Waals surface area contributed by atoms with Gasteiger partial charge >= 0.3 is 5.97 Å². The molecule has 0 spiro atoms. The van der Waals surface area contributed by atoms with E-state index in [0.29, 0.717) is 49.5 Å². The molecule has 2 rings (SSSR count). The Morgan fingerprint density at radius 2 is 2.12 bits per heavy atom. The lowest BCUT2D eigenvalue weighted by atomic mass is 9.77. The molecule has 1 atom stereocenters. The Labute approximate surface area is 146 Å². The summed E-state index contributed by atoms with van der Waals surface area (Å²) in [5, 5.41) is 9.66. The van der Waals surface area contributed by atoms with Crippen molar-refractivity contribution in [2.24, 2.45) is 5.41 Å². The van der Waals surface area contributed by atoms with Crippen LogP contribution in [0.5, 0.6) is 0 Å². The average Bonchev–Trinajstić information content (AvgIpc) is 2.56. The van der Waals surface area contributed by atoms with Gasteiger partial charge in [0.1, 0.15) is 5.82 Å². The van der Waals surface area contributed by atoms with Crippen molar-refractivity contribution in [3.63, 3.8) is 0 Å². The lowest BCUT2D eigenvalue weighted by Gasteiger charge is -2.40. The van der Waals surface area contributed by atoms with Gasteiger partial charge in [0.2, 0.25) is 5.91 Å². The fourth-order valence-corrected chi connectivity index (χ4v) is 3.35. The lowest BCUT2D eigenvalue weighted by molar-refractivity contribution is -0.156. The van der Waals surface area contributed by atoms with E-state index in [1.165, 1.54) is 7.11 Å². The summed E-state index contributed by atoms with van der Waals surface area (Å²) in [4.78, 5) is 44.9. The number of hydrogen-bond donors (Lipinski definition) is 2. The number of aliphatic carboxylic acids is 1. The fraction of sp³-hybridized carbons (Fsp3) is 0.647. The molecular formula is C17H25N3O5. The van der Waals surface area contributed by atoms with E-state index in [0.717, 1.165) is 0 Å². The van der Waals surface area contributed by atoms with Gasteiger partial charge in [0.05, 0.1) is 11.8 Å². The fourth-order valence-electron chi connectivity index (χ4n) is 3.35. The quantitative estimate of drug-likeness (QED) is 0.778. The number of carboxylic acid groups (broad SMARTS) is 1. The Bertz CT molecular complexity index is 715. The number of rotatable bonds is 6. The minimum Gasteiger partial charge on any atom is -0.481 e. The van der Waals surface area contributed by atoms with Crippen LogP contribution in [0, 0.1) is 19.3 Å². The number of nitrogens with zero attached hydrogens (tertiary/aromatic N) is 2. The number of amides is 1. The summed E-state index contributed by atoms with van der Waals surface area (Å²) in [6, 6.07) is 0. The Kier molecular flexibility index (Phi) is 5.94. The summed E-state index contributed by atoms with van der Waals surface area (Å²) in [7, 11) is 1.53. The largest absolute Gasteiger partial charge is 0.481 e. The zero-order valence-corrected chi connectivity index (χ0v) is 14.9. The second kappa shape index (κ2) is 7.77. The van der Waals surface area contributed by atoms with Crippen LogP contribution in [0.15, 0.2) is 4.79 Å². The smallest absolute Gasteiger partial charge is 0.311 e. The van der Waals surface area contributed by atoms with Gasteiger partial charge < -0.3 is 19.7 Å². The monoisotopic (exact) mass is 351 g/mol. The highest BCUT2D eigenvalue weighted by molar-refractivity contribution is 5.81. The van der Waals surface area contributed by atoms with Crippen molar-refractivity contribution in [2.45, 2.75) is 39.5 Å². The number of aryl methyl sites for hydroxylation is 2. The van der Waals surface area contributed by atoms with Crippen molar-refractivity contribution < 1.29 is 19.4 Å². The highest BCUT2D eigenvalue weighted by Crippen LogP contribution is 2.34. The van der Waals surface area contributed by atoms with Crippen molar-refractivity contribution in [2.75, 3.05) is 26.8 Å². The molecule has 0 unspecified atom stereocenters. The molecule has 1 aromatic heterocycles. The number of carboxylic acids is 1. The van der Waals surface area contributed by atoms with E-state index >= 15 is 0 Å². The summed E-state index contributed by atoms with van der Waals surface area (Å²) in [6.07, 6.45) is 1.41. The van der Waals surface area contributed by atoms with Crippen LogP contribution in [0.3, 0.4) is 0 Å². The number of H-pyrrole nitrogens is 1. The van der Waals surface area contributed by atoms with Crippen molar-refractivity contribution in [3.05, 3.63) is 27.4 Å². The Balaban J connectivity index is 2.17. The first kappa shape index (κ1) is 19.1. The molecule has 0 saturated carbocycles. The SMILES string of the molecule is COCC[C@@]1(C(=O)O)CCCN(C(=O)Cc2c(C)nc(C)[nH]c2=O)C1. The van der Waals surface area contributed by atoms with Crippen LogP contribution in [0.4, 0.5) is 0 Å². The average molecular weight is 351 g/mol. The summed E-state index contributed by atoms with van der Waals surface area (Å²) >= 11 is 0. The minimum absolute atomic E-state index is 0.0750. The van der Waals surface area contributed by atoms with Gasteiger partial charge in [-0.2, -0.15) is 0 Å². The summed E-state index contributed by atoms with van der Waals surface area (Å²) in [5.74, 6) is -0.656. The number of methoxy groups -OCH3 is 1. The van der Waals surface area contributed by atoms with Crippen LogP contribution in [-0.2, 0) is 20.7 Å². The van der Waals surface area contributed by atoms with Gasteiger partial charge in [-0.3, -0.25) is 14.4 Å². The van der Waals surface area contributed by atoms with E-state index < -0.39 is 11.4 Å². The van der Waals surface area contributed by atoms with Crippen LogP contribution in [0.1, 0.15) is 36.3 Å². The number of aromatic nitrogens is 2. The minimum atomic E-state index is -0.989. The molecular weight excluding hydrogens is 326 g/mol. The molecule has 1 amide bonds. The second-order valence-electron chi connectivity index (χ2n) is 6.64. The highest BCUT2D eigenvalue weighted by atomic mass is 16.5. The van der Waals surface area contributed by atoms with Crippen LogP contribution < -0.4 is 5.56 Å². The molecule has 1 aliphatic rings. The molecule has 8 nitrogen and oxygen atoms in total. The molecule has 0 aliphatic carbocycles. The number of likely N-dealkylation sites (tertiary alicyclic amines) is 1. The van der Waals surface area contributed by atoms with Crippen LogP contribution in [-0.4, -0.2) is 58.7 Å². The standard InChI is InChI=1S/C17H25N3O5/c1-11-13(15(22)19-12(2)18-11)9-14(21)20-7-4-5-17(10-20,16(23)24)6-8-25-3/h4-10H2,1-3H3,(H,23,24)(H,18,19,22)/t17-/m0/s1. The number of carbonyl (C=O) groups excluding carboxylic acids is 1. The lowest BCUT2D eigenvalue weighted by Crippen LogP contribution is -2.51. The Morgan fingerprint density at radius 1 is 1.40 bits per heavy atom. The maximum Gasteiger partial charge on any atom is 0.311 e. The first-order valence-corrected chi connectivity index (χ1v) is 8.35. The molecule has 0 radical (unpaired) electrons. The first-order chi connectivity index (χ1) is 11.8. The van der Waals surface area contributed by atoms with Crippen molar-refractivity contribution in [3.8, 4) is 0 Å². The predicted molar refractivity (Wildman–Crippen MR) is 90.4 cm³/mol. The van der Waals surface area contributed by atoms with Crippen LogP contribution in [0.2, 0.25) is 0 Å². The second-order valence-corrected chi connectivity index (χ2v) is 6.64. The number of aromatic amines is 1. The molecule has 25 heavy (non-hydrogen) atoms. The molecule has 0 bridgehead atoms. The van der Waals surface area contributed by atoms with E-state index in [-0.39, 0.29) is 24.4 Å². The van der Waals surface area contributed by atoms with Gasteiger partial charge in [0.15, 0.2) is 0 Å². The number of ether oxygens (including phenoxy) is 1. The molecule has 8 heteroatoms. The van der Waals surface area contributed by atoms with Crippen LogP contribution in [0.25, 0.3) is 0 Å². The van der Waals surface area contributed by atoms with E-state index in [4.69, 9.17) is 4.74 Å². The van der Waals surface area contributed by atoms with Crippen molar-refractivity contribution in [1.29, 1.82) is 0 Å². The van der Waals surface area contributed by atoms with Gasteiger partial charge in [-0.1, -0.05) is 0 Å². The van der Waals surface area contributed by atoms with E-state index in [9.17, 15) is 19.5 Å². The summed E-state index contributed by atoms with van der Waals surface area (Å²) < 4.78 is 5.03. The van der Waals surface area contributed by atoms with Crippen molar-refractivity contribution >= 4 is 11.9 Å². The number of nitrogens with one attached hydrogen (secondary N) is 1. The third kappa shape index (κ3) is 4.25. The summed E-state index contributed by atoms with van der Waals surface area (Å²) in [5.41, 5.74) is -0.453. The molecule has 1 fully saturated rings. The molecule has 1 saturated heterocycles. The Hall–Kier alpha value is -2.22. The molecule has 2 heterocycles. The Morgan fingerprint density at radius 3 is 2.72 bits per heavy atom. The molecule has 2 N–H and O–H groups in total. The number of piperidine rings is 1. The summed E-state index contributed by atoms with van der Waals surface area (Å²) in [6.45, 7) is 4.34. The third-order valence-corrected chi connectivity index (χ3v) is 4.84. The number of hydrogen-bond acceptors (Lipinski definition) is 5. The zero-order valence-electron chi connectivity index (χ0n) is 14.9. The highest BCUT2D eigenvalue weighted by Gasteiger charge is 2.43. The normalized spacial score (nSPS) is 20.5. The first-order valence-electron chi connectivity index (χ1n) is 8.35. The zero-order chi connectivity index (χ0) is 18.6. The maximum absolute atomic E-state index is 12.7. The van der Waals surface area contributed by atoms with E-state index in [2.05, 4.69) is 9.97 Å². The molecule has 1 aliphatic heterocycles. The molecule has 0 aromatic carbocycles. The molecule has 1 aromatic rings. The topological polar surface area (TPSA) is 113 Å². The van der Waals surface area contributed by atoms with Crippen molar-refractivity contribution in [1.82, 2.24) is 14.9 Å². The number of carbonyl (C=O) groups is 2. The van der Waals surface area contributed by atoms with Crippen LogP contribution >= 0.6 is 0 Å². The van der Waals surface area contributed by atoms with Gasteiger partial charge in [-0.05, 0) is 33.1 Å². The predicted octanol–water partition coefficient (Wildman–Crippen LogP) is 0.659. The molecule has 138 valence electrons. The van der Waals surface area contributed by atoms with Gasteiger partial charge in [0.25, 0.3) is 5.56 Å². The van der Waals surface area contributed by atoms with E-state index in [1.54, 1.807) is 18.7 Å². The maximum atomic E-state index is 12.7. The van der Waals surface area contributed by atoms with Gasteiger partial charge in [-0.15, -0.1) is 0 Å². The van der Waals surface area contributed by atoms with Gasteiger partial charge in [0, 0.05) is 38.1 Å².